The summed E-state index contributed by atoms with van der Waals surface area (Å²) in [4.78, 5) is 11.3. The predicted octanol–water partition coefficient (Wildman–Crippen LogP) is 2.49. The maximum atomic E-state index is 5.24. The Kier molecular flexibility index (Phi) is 6.94. The first-order valence-corrected chi connectivity index (χ1v) is 7.81. The molecule has 0 amide bonds. The molecule has 0 aliphatic heterocycles. The van der Waals surface area contributed by atoms with E-state index in [-0.39, 0.29) is 6.04 Å². The van der Waals surface area contributed by atoms with E-state index in [4.69, 9.17) is 4.74 Å². The van der Waals surface area contributed by atoms with Gasteiger partial charge in [-0.3, -0.25) is 0 Å². The van der Waals surface area contributed by atoms with Crippen molar-refractivity contribution in [1.29, 1.82) is 0 Å². The Balaban J connectivity index is 3.04. The van der Waals surface area contributed by atoms with Crippen LogP contribution in [-0.2, 0) is 4.74 Å². The lowest BCUT2D eigenvalue weighted by Gasteiger charge is -2.29. The standard InChI is InChI=1S/C13H24N4OS/c1-6-14-11-8-12(16-13(15-11)19-5)17(7-2)10(3)9-18-4/h8,10H,6-7,9H2,1-5H3,(H,14,15,16). The van der Waals surface area contributed by atoms with Crippen molar-refractivity contribution >= 4 is 23.4 Å². The van der Waals surface area contributed by atoms with Crippen LogP contribution in [0.15, 0.2) is 11.2 Å². The van der Waals surface area contributed by atoms with Gasteiger partial charge < -0.3 is 15.0 Å². The highest BCUT2D eigenvalue weighted by molar-refractivity contribution is 7.98. The Hall–Kier alpha value is -1.01. The zero-order valence-electron chi connectivity index (χ0n) is 12.4. The van der Waals surface area contributed by atoms with Gasteiger partial charge in [-0.2, -0.15) is 0 Å². The van der Waals surface area contributed by atoms with Gasteiger partial charge in [-0.1, -0.05) is 11.8 Å². The van der Waals surface area contributed by atoms with Crippen molar-refractivity contribution in [3.63, 3.8) is 0 Å². The zero-order valence-corrected chi connectivity index (χ0v) is 13.3. The number of methoxy groups -OCH3 is 1. The molecule has 0 saturated heterocycles. The minimum atomic E-state index is 0.286. The fourth-order valence-corrected chi connectivity index (χ4v) is 2.33. The molecule has 0 fully saturated rings. The summed E-state index contributed by atoms with van der Waals surface area (Å²) < 4.78 is 5.24. The average Bonchev–Trinajstić information content (AvgIpc) is 2.40. The van der Waals surface area contributed by atoms with Crippen molar-refractivity contribution in [3.8, 4) is 0 Å². The second-order valence-corrected chi connectivity index (χ2v) is 4.99. The monoisotopic (exact) mass is 284 g/mol. The molecule has 1 N–H and O–H groups in total. The molecule has 1 aromatic rings. The number of hydrogen-bond acceptors (Lipinski definition) is 6. The van der Waals surface area contributed by atoms with Crippen LogP contribution in [-0.4, -0.2) is 49.1 Å². The van der Waals surface area contributed by atoms with Gasteiger partial charge in [0, 0.05) is 26.3 Å². The molecule has 0 saturated carbocycles. The molecule has 0 bridgehead atoms. The normalized spacial score (nSPS) is 12.3. The topological polar surface area (TPSA) is 50.3 Å². The fourth-order valence-electron chi connectivity index (χ4n) is 1.95. The van der Waals surface area contributed by atoms with Gasteiger partial charge in [0.05, 0.1) is 12.6 Å². The lowest BCUT2D eigenvalue weighted by atomic mass is 10.3. The van der Waals surface area contributed by atoms with Crippen molar-refractivity contribution in [2.24, 2.45) is 0 Å². The summed E-state index contributed by atoms with van der Waals surface area (Å²) in [6.45, 7) is 8.75. The van der Waals surface area contributed by atoms with Crippen LogP contribution in [0.3, 0.4) is 0 Å². The lowest BCUT2D eigenvalue weighted by Crippen LogP contribution is -2.36. The number of likely N-dealkylation sites (N-methyl/N-ethyl adjacent to an activating group) is 1. The van der Waals surface area contributed by atoms with E-state index < -0.39 is 0 Å². The number of nitrogens with one attached hydrogen (secondary N) is 1. The Morgan fingerprint density at radius 3 is 2.68 bits per heavy atom. The van der Waals surface area contributed by atoms with E-state index in [1.54, 1.807) is 18.9 Å². The first-order valence-electron chi connectivity index (χ1n) is 6.58. The molecule has 5 nitrogen and oxygen atoms in total. The van der Waals surface area contributed by atoms with E-state index in [0.29, 0.717) is 6.61 Å². The second kappa shape index (κ2) is 8.22. The highest BCUT2D eigenvalue weighted by atomic mass is 32.2. The van der Waals surface area contributed by atoms with E-state index in [9.17, 15) is 0 Å². The van der Waals surface area contributed by atoms with Gasteiger partial charge in [-0.25, -0.2) is 9.97 Å². The molecule has 1 unspecified atom stereocenters. The van der Waals surface area contributed by atoms with Crippen LogP contribution in [0.5, 0.6) is 0 Å². The average molecular weight is 284 g/mol. The Bertz CT molecular complexity index is 389. The van der Waals surface area contributed by atoms with Crippen LogP contribution >= 0.6 is 11.8 Å². The molecule has 0 radical (unpaired) electrons. The number of anilines is 2. The Morgan fingerprint density at radius 1 is 1.42 bits per heavy atom. The van der Waals surface area contributed by atoms with Gasteiger partial charge in [0.15, 0.2) is 5.16 Å². The number of rotatable bonds is 8. The molecule has 1 atom stereocenters. The van der Waals surface area contributed by atoms with E-state index >= 15 is 0 Å². The third-order valence-electron chi connectivity index (χ3n) is 2.81. The smallest absolute Gasteiger partial charge is 0.191 e. The molecule has 1 rings (SSSR count). The summed E-state index contributed by atoms with van der Waals surface area (Å²) in [7, 11) is 1.72. The van der Waals surface area contributed by atoms with Crippen molar-refractivity contribution < 1.29 is 4.74 Å². The second-order valence-electron chi connectivity index (χ2n) is 4.22. The lowest BCUT2D eigenvalue weighted by molar-refractivity contribution is 0.181. The van der Waals surface area contributed by atoms with E-state index in [1.165, 1.54) is 0 Å². The molecular formula is C13H24N4OS. The summed E-state index contributed by atoms with van der Waals surface area (Å²) in [5.74, 6) is 1.82. The summed E-state index contributed by atoms with van der Waals surface area (Å²) in [6.07, 6.45) is 1.99. The highest BCUT2D eigenvalue weighted by Gasteiger charge is 2.16. The maximum absolute atomic E-state index is 5.24. The fraction of sp³-hybridized carbons (Fsp3) is 0.692. The van der Waals surface area contributed by atoms with Crippen LogP contribution in [0.25, 0.3) is 0 Å². The minimum absolute atomic E-state index is 0.286. The first-order chi connectivity index (χ1) is 9.15. The quantitative estimate of drug-likeness (QED) is 0.585. The van der Waals surface area contributed by atoms with E-state index in [1.807, 2.05) is 12.3 Å². The van der Waals surface area contributed by atoms with Gasteiger partial charge in [0.1, 0.15) is 11.6 Å². The zero-order chi connectivity index (χ0) is 14.3. The predicted molar refractivity (Wildman–Crippen MR) is 82.3 cm³/mol. The summed E-state index contributed by atoms with van der Waals surface area (Å²) in [5.41, 5.74) is 0. The first kappa shape index (κ1) is 16.0. The minimum Gasteiger partial charge on any atom is -0.383 e. The molecule has 108 valence electrons. The molecule has 19 heavy (non-hydrogen) atoms. The SMILES string of the molecule is CCNc1cc(N(CC)C(C)COC)nc(SC)n1. The van der Waals surface area contributed by atoms with Gasteiger partial charge >= 0.3 is 0 Å². The van der Waals surface area contributed by atoms with Crippen molar-refractivity contribution in [2.75, 3.05) is 43.3 Å². The van der Waals surface area contributed by atoms with E-state index in [2.05, 4.69) is 41.0 Å². The Labute approximate surface area is 120 Å². The molecule has 0 aliphatic rings. The van der Waals surface area contributed by atoms with Gasteiger partial charge in [0.2, 0.25) is 0 Å². The third kappa shape index (κ3) is 4.54. The van der Waals surface area contributed by atoms with Crippen molar-refractivity contribution in [3.05, 3.63) is 6.07 Å². The number of ether oxygens (including phenoxy) is 1. The molecule has 1 aromatic heterocycles. The number of nitrogens with zero attached hydrogens (tertiary/aromatic N) is 3. The third-order valence-corrected chi connectivity index (χ3v) is 3.36. The van der Waals surface area contributed by atoms with Gasteiger partial charge in [-0.05, 0) is 27.0 Å². The summed E-state index contributed by atoms with van der Waals surface area (Å²) in [5, 5.41) is 4.04. The van der Waals surface area contributed by atoms with Crippen LogP contribution < -0.4 is 10.2 Å². The van der Waals surface area contributed by atoms with E-state index in [0.717, 1.165) is 29.9 Å². The largest absolute Gasteiger partial charge is 0.383 e. The van der Waals surface area contributed by atoms with Crippen LogP contribution in [0.2, 0.25) is 0 Å². The van der Waals surface area contributed by atoms with Gasteiger partial charge in [0.25, 0.3) is 0 Å². The number of aromatic nitrogens is 2. The van der Waals surface area contributed by atoms with Crippen molar-refractivity contribution in [1.82, 2.24) is 9.97 Å². The van der Waals surface area contributed by atoms with Crippen LogP contribution in [0, 0.1) is 0 Å². The molecular weight excluding hydrogens is 260 g/mol. The molecule has 1 heterocycles. The maximum Gasteiger partial charge on any atom is 0.191 e. The number of thioether (sulfide) groups is 1. The molecule has 0 spiro atoms. The highest BCUT2D eigenvalue weighted by Crippen LogP contribution is 2.22. The van der Waals surface area contributed by atoms with Crippen LogP contribution in [0.4, 0.5) is 11.6 Å². The van der Waals surface area contributed by atoms with Crippen molar-refractivity contribution in [2.45, 2.75) is 32.0 Å². The molecule has 0 aliphatic carbocycles. The molecule has 6 heteroatoms. The number of hydrogen-bond donors (Lipinski definition) is 1. The molecule has 0 aromatic carbocycles. The van der Waals surface area contributed by atoms with Gasteiger partial charge in [-0.15, -0.1) is 0 Å². The van der Waals surface area contributed by atoms with Crippen LogP contribution in [0.1, 0.15) is 20.8 Å². The Morgan fingerprint density at radius 2 is 2.16 bits per heavy atom. The summed E-state index contributed by atoms with van der Waals surface area (Å²) >= 11 is 1.56. The summed E-state index contributed by atoms with van der Waals surface area (Å²) in [6, 6.07) is 2.29.